The van der Waals surface area contributed by atoms with Gasteiger partial charge in [-0.1, -0.05) is 23.7 Å². The highest BCUT2D eigenvalue weighted by molar-refractivity contribution is 6.30. The Morgan fingerprint density at radius 2 is 1.89 bits per heavy atom. The lowest BCUT2D eigenvalue weighted by Gasteiger charge is -2.50. The van der Waals surface area contributed by atoms with Crippen LogP contribution in [-0.4, -0.2) is 35.2 Å². The van der Waals surface area contributed by atoms with E-state index in [1.54, 1.807) is 0 Å². The Kier molecular flexibility index (Phi) is 3.35. The van der Waals surface area contributed by atoms with E-state index in [1.807, 2.05) is 12.1 Å². The smallest absolute Gasteiger partial charge is 0.0806 e. The first-order chi connectivity index (χ1) is 8.66. The summed E-state index contributed by atoms with van der Waals surface area (Å²) in [6, 6.07) is 7.98. The molecule has 2 bridgehead atoms. The van der Waals surface area contributed by atoms with E-state index in [-0.39, 0.29) is 0 Å². The van der Waals surface area contributed by atoms with Gasteiger partial charge in [0.1, 0.15) is 0 Å². The summed E-state index contributed by atoms with van der Waals surface area (Å²) < 4.78 is 0. The molecule has 3 heteroatoms. The molecule has 3 fully saturated rings. The van der Waals surface area contributed by atoms with Crippen molar-refractivity contribution in [2.45, 2.75) is 31.3 Å². The van der Waals surface area contributed by atoms with Crippen LogP contribution in [0.1, 0.15) is 24.8 Å². The van der Waals surface area contributed by atoms with Gasteiger partial charge in [0.15, 0.2) is 0 Å². The van der Waals surface area contributed by atoms with Gasteiger partial charge in [0.2, 0.25) is 0 Å². The van der Waals surface area contributed by atoms with Crippen molar-refractivity contribution < 1.29 is 5.11 Å². The number of nitrogens with zero attached hydrogens (tertiary/aromatic N) is 1. The average Bonchev–Trinajstić information content (AvgIpc) is 2.39. The molecule has 1 unspecified atom stereocenters. The van der Waals surface area contributed by atoms with Crippen LogP contribution < -0.4 is 0 Å². The summed E-state index contributed by atoms with van der Waals surface area (Å²) in [6.45, 7) is 3.22. The molecule has 1 atom stereocenters. The van der Waals surface area contributed by atoms with Gasteiger partial charge in [-0.15, -0.1) is 0 Å². The normalized spacial score (nSPS) is 34.8. The van der Waals surface area contributed by atoms with E-state index in [0.717, 1.165) is 37.3 Å². The fourth-order valence-corrected chi connectivity index (χ4v) is 3.57. The van der Waals surface area contributed by atoms with Crippen molar-refractivity contribution in [3.05, 3.63) is 34.9 Å². The summed E-state index contributed by atoms with van der Waals surface area (Å²) in [5.74, 6) is 0.509. The first-order valence-electron chi connectivity index (χ1n) is 6.85. The van der Waals surface area contributed by atoms with Gasteiger partial charge >= 0.3 is 0 Å². The molecule has 0 saturated carbocycles. The maximum Gasteiger partial charge on any atom is 0.0806 e. The number of fused-ring (bicyclic) bond motifs is 3. The molecular formula is C15H20ClNO. The zero-order valence-electron chi connectivity index (χ0n) is 10.6. The third-order valence-electron chi connectivity index (χ3n) is 4.60. The summed E-state index contributed by atoms with van der Waals surface area (Å²) in [5.41, 5.74) is 0.806. The highest BCUT2D eigenvalue weighted by Crippen LogP contribution is 2.38. The standard InChI is InChI=1S/C15H20ClNO/c16-14-3-1-12(2-4-14)5-8-15(18)11-17-9-6-13(15)7-10-17/h1-4,13,18H,5-11H2. The number of piperidine rings is 3. The van der Waals surface area contributed by atoms with E-state index in [0.29, 0.717) is 5.92 Å². The van der Waals surface area contributed by atoms with E-state index in [1.165, 1.54) is 18.7 Å². The van der Waals surface area contributed by atoms with Gasteiger partial charge in [-0.25, -0.2) is 0 Å². The van der Waals surface area contributed by atoms with Crippen LogP contribution in [-0.2, 0) is 6.42 Å². The molecule has 2 nitrogen and oxygen atoms in total. The second-order valence-electron chi connectivity index (χ2n) is 5.78. The minimum atomic E-state index is -0.462. The van der Waals surface area contributed by atoms with Gasteiger partial charge < -0.3 is 10.0 Å². The summed E-state index contributed by atoms with van der Waals surface area (Å²) >= 11 is 5.88. The van der Waals surface area contributed by atoms with E-state index < -0.39 is 5.60 Å². The van der Waals surface area contributed by atoms with Gasteiger partial charge in [-0.3, -0.25) is 0 Å². The van der Waals surface area contributed by atoms with Gasteiger partial charge in [0, 0.05) is 11.6 Å². The fourth-order valence-electron chi connectivity index (χ4n) is 3.44. The lowest BCUT2D eigenvalue weighted by molar-refractivity contribution is -0.115. The number of halogens is 1. The molecule has 0 aliphatic carbocycles. The molecule has 0 spiro atoms. The molecular weight excluding hydrogens is 246 g/mol. The largest absolute Gasteiger partial charge is 0.388 e. The van der Waals surface area contributed by atoms with Crippen LogP contribution in [0.25, 0.3) is 0 Å². The first-order valence-corrected chi connectivity index (χ1v) is 7.23. The van der Waals surface area contributed by atoms with Crippen molar-refractivity contribution in [2.75, 3.05) is 19.6 Å². The summed E-state index contributed by atoms with van der Waals surface area (Å²) in [4.78, 5) is 2.40. The van der Waals surface area contributed by atoms with Gasteiger partial charge in [-0.05, 0) is 62.4 Å². The minimum absolute atomic E-state index is 0.462. The molecule has 3 heterocycles. The molecule has 1 aromatic rings. The van der Waals surface area contributed by atoms with Crippen molar-refractivity contribution in [2.24, 2.45) is 5.92 Å². The lowest BCUT2D eigenvalue weighted by atomic mass is 9.73. The van der Waals surface area contributed by atoms with Crippen LogP contribution in [0.5, 0.6) is 0 Å². The van der Waals surface area contributed by atoms with Crippen molar-refractivity contribution in [3.8, 4) is 0 Å². The zero-order chi connectivity index (χ0) is 12.6. The van der Waals surface area contributed by atoms with Crippen LogP contribution in [0.2, 0.25) is 5.02 Å². The topological polar surface area (TPSA) is 23.5 Å². The first kappa shape index (κ1) is 12.5. The molecule has 98 valence electrons. The van der Waals surface area contributed by atoms with Crippen molar-refractivity contribution in [3.63, 3.8) is 0 Å². The van der Waals surface area contributed by atoms with Crippen molar-refractivity contribution >= 4 is 11.6 Å². The van der Waals surface area contributed by atoms with Crippen LogP contribution in [0.4, 0.5) is 0 Å². The molecule has 1 N–H and O–H groups in total. The van der Waals surface area contributed by atoms with E-state index in [4.69, 9.17) is 11.6 Å². The highest BCUT2D eigenvalue weighted by atomic mass is 35.5. The predicted molar refractivity (Wildman–Crippen MR) is 73.9 cm³/mol. The Bertz CT molecular complexity index is 411. The van der Waals surface area contributed by atoms with Crippen LogP contribution in [0.15, 0.2) is 24.3 Å². The molecule has 0 amide bonds. The maximum absolute atomic E-state index is 10.8. The van der Waals surface area contributed by atoms with Crippen LogP contribution in [0.3, 0.4) is 0 Å². The van der Waals surface area contributed by atoms with Gasteiger partial charge in [0.25, 0.3) is 0 Å². The Morgan fingerprint density at radius 1 is 1.22 bits per heavy atom. The Balaban J connectivity index is 1.64. The van der Waals surface area contributed by atoms with E-state index in [2.05, 4.69) is 17.0 Å². The van der Waals surface area contributed by atoms with Crippen molar-refractivity contribution in [1.82, 2.24) is 4.90 Å². The molecule has 18 heavy (non-hydrogen) atoms. The van der Waals surface area contributed by atoms with E-state index in [9.17, 15) is 5.11 Å². The maximum atomic E-state index is 10.8. The molecule has 1 aromatic carbocycles. The molecule has 3 aliphatic heterocycles. The lowest BCUT2D eigenvalue weighted by Crippen LogP contribution is -2.59. The third kappa shape index (κ3) is 2.42. The number of aryl methyl sites for hydroxylation is 1. The second-order valence-corrected chi connectivity index (χ2v) is 6.22. The number of benzene rings is 1. The molecule has 4 rings (SSSR count). The highest BCUT2D eigenvalue weighted by Gasteiger charge is 2.44. The second kappa shape index (κ2) is 4.84. The van der Waals surface area contributed by atoms with Crippen LogP contribution >= 0.6 is 11.6 Å². The molecule has 0 radical (unpaired) electrons. The molecule has 3 aliphatic rings. The Hall–Kier alpha value is -0.570. The van der Waals surface area contributed by atoms with E-state index >= 15 is 0 Å². The van der Waals surface area contributed by atoms with Crippen molar-refractivity contribution in [1.29, 1.82) is 0 Å². The molecule has 0 aromatic heterocycles. The number of rotatable bonds is 3. The molecule has 3 saturated heterocycles. The van der Waals surface area contributed by atoms with Gasteiger partial charge in [0.05, 0.1) is 5.60 Å². The summed E-state index contributed by atoms with van der Waals surface area (Å²) in [5, 5.41) is 11.6. The SMILES string of the molecule is OC1(CCc2ccc(Cl)cc2)CN2CCC1CC2. The Morgan fingerprint density at radius 3 is 2.44 bits per heavy atom. The van der Waals surface area contributed by atoms with Crippen LogP contribution in [0, 0.1) is 5.92 Å². The predicted octanol–water partition coefficient (Wildman–Crippen LogP) is 2.73. The quantitative estimate of drug-likeness (QED) is 0.908. The number of hydrogen-bond acceptors (Lipinski definition) is 2. The monoisotopic (exact) mass is 265 g/mol. The Labute approximate surface area is 114 Å². The summed E-state index contributed by atoms with van der Waals surface area (Å²) in [7, 11) is 0. The van der Waals surface area contributed by atoms with Gasteiger partial charge in [-0.2, -0.15) is 0 Å². The number of aliphatic hydroxyl groups is 1. The third-order valence-corrected chi connectivity index (χ3v) is 4.86. The zero-order valence-corrected chi connectivity index (χ0v) is 11.4. The minimum Gasteiger partial charge on any atom is -0.388 e. The average molecular weight is 266 g/mol. The fraction of sp³-hybridized carbons (Fsp3) is 0.600. The summed E-state index contributed by atoms with van der Waals surface area (Å²) in [6.07, 6.45) is 4.14. The number of hydrogen-bond donors (Lipinski definition) is 1.